The molecule has 0 saturated carbocycles. The minimum atomic E-state index is -0.112. The van der Waals surface area contributed by atoms with Crippen LogP contribution in [0.2, 0.25) is 0 Å². The molecule has 0 spiro atoms. The number of methoxy groups -OCH3 is 4. The minimum Gasteiger partial charge on any atom is -0.493 e. The third-order valence-electron chi connectivity index (χ3n) is 4.07. The Morgan fingerprint density at radius 2 is 1.41 bits per heavy atom. The van der Waals surface area contributed by atoms with Crippen LogP contribution in [0.25, 0.3) is 6.08 Å². The number of amides is 1. The average Bonchev–Trinajstić information content (AvgIpc) is 2.71. The maximum absolute atomic E-state index is 12.4. The lowest BCUT2D eigenvalue weighted by atomic mass is 10.1. The van der Waals surface area contributed by atoms with Crippen molar-refractivity contribution >= 4 is 12.0 Å². The summed E-state index contributed by atoms with van der Waals surface area (Å²) in [5.41, 5.74) is 1.79. The van der Waals surface area contributed by atoms with Gasteiger partial charge in [-0.25, -0.2) is 0 Å². The Hall–Kier alpha value is -3.15. The predicted molar refractivity (Wildman–Crippen MR) is 105 cm³/mol. The Balaban J connectivity index is 2.06. The zero-order valence-electron chi connectivity index (χ0n) is 16.3. The van der Waals surface area contributed by atoms with Gasteiger partial charge in [-0.15, -0.1) is 0 Å². The van der Waals surface area contributed by atoms with E-state index in [4.69, 9.17) is 18.9 Å². The van der Waals surface area contributed by atoms with Gasteiger partial charge in [0.25, 0.3) is 0 Å². The lowest BCUT2D eigenvalue weighted by Crippen LogP contribution is -2.24. The van der Waals surface area contributed by atoms with Crippen molar-refractivity contribution in [2.75, 3.05) is 35.5 Å². The van der Waals surface area contributed by atoms with Crippen molar-refractivity contribution in [2.45, 2.75) is 6.54 Å². The third kappa shape index (κ3) is 5.17. The van der Waals surface area contributed by atoms with E-state index in [1.807, 2.05) is 30.3 Å². The summed E-state index contributed by atoms with van der Waals surface area (Å²) in [4.78, 5) is 14.0. The van der Waals surface area contributed by atoms with Crippen LogP contribution >= 0.6 is 0 Å². The number of carbonyl (C=O) groups excluding carboxylic acids is 1. The molecule has 6 nitrogen and oxygen atoms in total. The van der Waals surface area contributed by atoms with Gasteiger partial charge < -0.3 is 23.8 Å². The van der Waals surface area contributed by atoms with E-state index in [0.29, 0.717) is 29.5 Å². The highest BCUT2D eigenvalue weighted by Crippen LogP contribution is 2.29. The molecule has 6 heteroatoms. The standard InChI is InChI=1S/C21H25NO5/c1-22(14-16-7-10-18(25-3)20(13-16)27-5)21(23)11-8-15-6-9-17(24-2)19(12-15)26-4/h6-13H,14H2,1-5H3/b11-8+. The second kappa shape index (κ2) is 9.52. The first kappa shape index (κ1) is 20.2. The zero-order valence-corrected chi connectivity index (χ0v) is 16.3. The smallest absolute Gasteiger partial charge is 0.246 e. The second-order valence-electron chi connectivity index (χ2n) is 5.83. The second-order valence-corrected chi connectivity index (χ2v) is 5.83. The van der Waals surface area contributed by atoms with Crippen molar-refractivity contribution in [2.24, 2.45) is 0 Å². The molecule has 0 bridgehead atoms. The van der Waals surface area contributed by atoms with Crippen molar-refractivity contribution in [3.63, 3.8) is 0 Å². The summed E-state index contributed by atoms with van der Waals surface area (Å²) in [5, 5.41) is 0. The van der Waals surface area contributed by atoms with E-state index in [0.717, 1.165) is 11.1 Å². The summed E-state index contributed by atoms with van der Waals surface area (Å²) in [6.45, 7) is 0.454. The Morgan fingerprint density at radius 1 is 0.852 bits per heavy atom. The Morgan fingerprint density at radius 3 is 2.00 bits per heavy atom. The highest BCUT2D eigenvalue weighted by Gasteiger charge is 2.10. The van der Waals surface area contributed by atoms with Gasteiger partial charge in [0, 0.05) is 19.7 Å². The first-order chi connectivity index (χ1) is 13.0. The van der Waals surface area contributed by atoms with Crippen LogP contribution in [0.15, 0.2) is 42.5 Å². The number of hydrogen-bond donors (Lipinski definition) is 0. The van der Waals surface area contributed by atoms with Crippen LogP contribution in [-0.4, -0.2) is 46.3 Å². The van der Waals surface area contributed by atoms with Gasteiger partial charge in [-0.1, -0.05) is 12.1 Å². The summed E-state index contributed by atoms with van der Waals surface area (Å²) >= 11 is 0. The molecule has 27 heavy (non-hydrogen) atoms. The Labute approximate surface area is 159 Å². The molecule has 0 unspecified atom stereocenters. The summed E-state index contributed by atoms with van der Waals surface area (Å²) in [5.74, 6) is 2.44. The van der Waals surface area contributed by atoms with Gasteiger partial charge in [-0.05, 0) is 41.5 Å². The molecule has 1 amide bonds. The molecule has 0 heterocycles. The highest BCUT2D eigenvalue weighted by atomic mass is 16.5. The van der Waals surface area contributed by atoms with Gasteiger partial charge in [0.05, 0.1) is 28.4 Å². The summed E-state index contributed by atoms with van der Waals surface area (Å²) in [6, 6.07) is 11.1. The predicted octanol–water partition coefficient (Wildman–Crippen LogP) is 3.39. The molecule has 0 fully saturated rings. The minimum absolute atomic E-state index is 0.112. The first-order valence-electron chi connectivity index (χ1n) is 8.38. The molecule has 0 aromatic heterocycles. The van der Waals surface area contributed by atoms with E-state index >= 15 is 0 Å². The van der Waals surface area contributed by atoms with Crippen molar-refractivity contribution in [3.05, 3.63) is 53.6 Å². The van der Waals surface area contributed by atoms with Crippen LogP contribution in [0.3, 0.4) is 0 Å². The molecular weight excluding hydrogens is 346 g/mol. The van der Waals surface area contributed by atoms with Gasteiger partial charge in [-0.2, -0.15) is 0 Å². The number of hydrogen-bond acceptors (Lipinski definition) is 5. The molecular formula is C21H25NO5. The van der Waals surface area contributed by atoms with Crippen molar-refractivity contribution in [1.82, 2.24) is 4.90 Å². The number of carbonyl (C=O) groups is 1. The van der Waals surface area contributed by atoms with Crippen LogP contribution in [0.5, 0.6) is 23.0 Å². The molecule has 2 aromatic carbocycles. The monoisotopic (exact) mass is 371 g/mol. The number of rotatable bonds is 8. The Bertz CT molecular complexity index is 816. The molecule has 2 rings (SSSR count). The van der Waals surface area contributed by atoms with Crippen LogP contribution in [0, 0.1) is 0 Å². The summed E-state index contributed by atoms with van der Waals surface area (Å²) in [6.07, 6.45) is 3.28. The number of likely N-dealkylation sites (N-methyl/N-ethyl adjacent to an activating group) is 1. The van der Waals surface area contributed by atoms with Crippen LogP contribution in [0.4, 0.5) is 0 Å². The maximum Gasteiger partial charge on any atom is 0.246 e. The molecule has 2 aromatic rings. The molecule has 0 atom stereocenters. The lowest BCUT2D eigenvalue weighted by molar-refractivity contribution is -0.125. The van der Waals surface area contributed by atoms with E-state index in [1.54, 1.807) is 52.5 Å². The van der Waals surface area contributed by atoms with Gasteiger partial charge in [0.15, 0.2) is 23.0 Å². The van der Waals surface area contributed by atoms with E-state index in [-0.39, 0.29) is 5.91 Å². The van der Waals surface area contributed by atoms with Gasteiger partial charge in [-0.3, -0.25) is 4.79 Å². The van der Waals surface area contributed by atoms with Crippen LogP contribution in [0.1, 0.15) is 11.1 Å². The van der Waals surface area contributed by atoms with E-state index in [2.05, 4.69) is 0 Å². The van der Waals surface area contributed by atoms with Crippen molar-refractivity contribution in [1.29, 1.82) is 0 Å². The number of benzene rings is 2. The maximum atomic E-state index is 12.4. The molecule has 0 saturated heterocycles. The van der Waals surface area contributed by atoms with E-state index in [9.17, 15) is 4.79 Å². The van der Waals surface area contributed by atoms with Gasteiger partial charge >= 0.3 is 0 Å². The largest absolute Gasteiger partial charge is 0.493 e. The van der Waals surface area contributed by atoms with Crippen LogP contribution in [-0.2, 0) is 11.3 Å². The normalized spacial score (nSPS) is 10.6. The molecule has 0 radical (unpaired) electrons. The third-order valence-corrected chi connectivity index (χ3v) is 4.07. The quantitative estimate of drug-likeness (QED) is 0.666. The molecule has 0 aliphatic rings. The molecule has 0 aliphatic heterocycles. The fourth-order valence-corrected chi connectivity index (χ4v) is 2.58. The van der Waals surface area contributed by atoms with Gasteiger partial charge in [0.2, 0.25) is 5.91 Å². The first-order valence-corrected chi connectivity index (χ1v) is 8.38. The number of ether oxygens (including phenoxy) is 4. The average molecular weight is 371 g/mol. The molecule has 0 N–H and O–H groups in total. The van der Waals surface area contributed by atoms with Crippen molar-refractivity contribution < 1.29 is 23.7 Å². The summed E-state index contributed by atoms with van der Waals surface area (Å²) < 4.78 is 21.0. The fraction of sp³-hybridized carbons (Fsp3) is 0.286. The van der Waals surface area contributed by atoms with Gasteiger partial charge in [0.1, 0.15) is 0 Å². The highest BCUT2D eigenvalue weighted by molar-refractivity contribution is 5.91. The van der Waals surface area contributed by atoms with Crippen molar-refractivity contribution in [3.8, 4) is 23.0 Å². The van der Waals surface area contributed by atoms with E-state index in [1.165, 1.54) is 6.08 Å². The Kier molecular flexibility index (Phi) is 7.11. The zero-order chi connectivity index (χ0) is 19.8. The number of nitrogens with zero attached hydrogens (tertiary/aromatic N) is 1. The molecule has 144 valence electrons. The summed E-state index contributed by atoms with van der Waals surface area (Å²) in [7, 11) is 8.08. The SMILES string of the molecule is COc1ccc(/C=C/C(=O)N(C)Cc2ccc(OC)c(OC)c2)cc1OC. The topological polar surface area (TPSA) is 57.2 Å². The van der Waals surface area contributed by atoms with Crippen LogP contribution < -0.4 is 18.9 Å². The van der Waals surface area contributed by atoms with E-state index < -0.39 is 0 Å². The fourth-order valence-electron chi connectivity index (χ4n) is 2.58. The molecule has 0 aliphatic carbocycles. The lowest BCUT2D eigenvalue weighted by Gasteiger charge is -2.16.